The van der Waals surface area contributed by atoms with E-state index >= 15 is 0 Å². The highest BCUT2D eigenvalue weighted by Crippen LogP contribution is 2.32. The molecule has 0 fully saturated rings. The number of amides is 2. The Hall–Kier alpha value is -1.57. The number of thiazole rings is 1. The number of halogens is 1. The Balaban J connectivity index is 1.69. The second kappa shape index (κ2) is 9.76. The summed E-state index contributed by atoms with van der Waals surface area (Å²) in [5, 5.41) is 6.71. The molecule has 1 heterocycles. The van der Waals surface area contributed by atoms with Gasteiger partial charge in [0.25, 0.3) is 5.91 Å². The first-order chi connectivity index (χ1) is 13.5. The fraction of sp³-hybridized carbons (Fsp3) is 0.450. The van der Waals surface area contributed by atoms with E-state index in [4.69, 9.17) is 11.6 Å². The first kappa shape index (κ1) is 21.1. The van der Waals surface area contributed by atoms with Gasteiger partial charge >= 0.3 is 0 Å². The van der Waals surface area contributed by atoms with E-state index in [0.29, 0.717) is 28.1 Å². The van der Waals surface area contributed by atoms with Gasteiger partial charge in [0.05, 0.1) is 16.3 Å². The van der Waals surface area contributed by atoms with Crippen molar-refractivity contribution in [2.75, 3.05) is 17.3 Å². The number of nitrogens with one attached hydrogen (secondary N) is 2. The second-order valence-corrected chi connectivity index (χ2v) is 9.49. The smallest absolute Gasteiger partial charge is 0.253 e. The average Bonchev–Trinajstić information content (AvgIpc) is 3.06. The summed E-state index contributed by atoms with van der Waals surface area (Å²) < 4.78 is 0. The predicted octanol–water partition coefficient (Wildman–Crippen LogP) is 4.41. The van der Waals surface area contributed by atoms with E-state index in [1.54, 1.807) is 47.4 Å². The topological polar surface area (TPSA) is 71.1 Å². The number of nitrogens with zero attached hydrogens (tertiary/aromatic N) is 1. The van der Waals surface area contributed by atoms with Crippen molar-refractivity contribution >= 4 is 51.6 Å². The van der Waals surface area contributed by atoms with Crippen molar-refractivity contribution in [2.24, 2.45) is 5.92 Å². The van der Waals surface area contributed by atoms with Gasteiger partial charge < -0.3 is 10.6 Å². The number of benzene rings is 1. The van der Waals surface area contributed by atoms with Crippen LogP contribution in [0.25, 0.3) is 0 Å². The normalized spacial score (nSPS) is 16.9. The van der Waals surface area contributed by atoms with Crippen LogP contribution in [0.15, 0.2) is 24.3 Å². The Kier molecular flexibility index (Phi) is 7.37. The molecule has 0 bridgehead atoms. The molecule has 28 heavy (non-hydrogen) atoms. The highest BCUT2D eigenvalue weighted by Gasteiger charge is 2.25. The molecule has 2 aromatic rings. The van der Waals surface area contributed by atoms with Crippen LogP contribution in [0.3, 0.4) is 0 Å². The van der Waals surface area contributed by atoms with Crippen molar-refractivity contribution < 1.29 is 9.59 Å². The van der Waals surface area contributed by atoms with Crippen LogP contribution >= 0.6 is 34.7 Å². The molecule has 0 radical (unpaired) electrons. The minimum atomic E-state index is -0.643. The van der Waals surface area contributed by atoms with Gasteiger partial charge in [-0.05, 0) is 55.7 Å². The number of thioether (sulfide) groups is 1. The zero-order chi connectivity index (χ0) is 20.1. The van der Waals surface area contributed by atoms with Crippen LogP contribution in [0, 0.1) is 5.92 Å². The highest BCUT2D eigenvalue weighted by atomic mass is 35.5. The van der Waals surface area contributed by atoms with Crippen LogP contribution in [0.4, 0.5) is 5.13 Å². The van der Waals surface area contributed by atoms with Crippen molar-refractivity contribution in [3.05, 3.63) is 45.4 Å². The van der Waals surface area contributed by atoms with Crippen LogP contribution < -0.4 is 10.6 Å². The average molecular weight is 438 g/mol. The van der Waals surface area contributed by atoms with Gasteiger partial charge in [-0.1, -0.05) is 30.7 Å². The molecule has 0 saturated heterocycles. The monoisotopic (exact) mass is 437 g/mol. The molecule has 1 aromatic carbocycles. The molecule has 2 unspecified atom stereocenters. The number of carbonyl (C=O) groups is 2. The van der Waals surface area contributed by atoms with E-state index in [1.165, 1.54) is 4.88 Å². The summed E-state index contributed by atoms with van der Waals surface area (Å²) in [5.41, 5.74) is 1.46. The van der Waals surface area contributed by atoms with Crippen LogP contribution in [0.5, 0.6) is 0 Å². The van der Waals surface area contributed by atoms with Crippen molar-refractivity contribution in [3.8, 4) is 0 Å². The van der Waals surface area contributed by atoms with Gasteiger partial charge in [0.15, 0.2) is 5.13 Å². The molecule has 1 aliphatic rings. The van der Waals surface area contributed by atoms with Gasteiger partial charge in [-0.3, -0.25) is 9.59 Å². The molecule has 1 aliphatic carbocycles. The number of aryl methyl sites for hydroxylation is 1. The number of carbonyl (C=O) groups excluding carboxylic acids is 2. The fourth-order valence-electron chi connectivity index (χ4n) is 3.17. The minimum absolute atomic E-state index is 0.242. The Bertz CT molecular complexity index is 856. The summed E-state index contributed by atoms with van der Waals surface area (Å²) in [6.45, 7) is 2.24. The summed E-state index contributed by atoms with van der Waals surface area (Å²) in [4.78, 5) is 31.3. The molecule has 5 nitrogen and oxygen atoms in total. The Morgan fingerprint density at radius 2 is 2.18 bits per heavy atom. The van der Waals surface area contributed by atoms with E-state index in [9.17, 15) is 9.59 Å². The lowest BCUT2D eigenvalue weighted by Crippen LogP contribution is -2.44. The number of anilines is 1. The van der Waals surface area contributed by atoms with E-state index in [0.717, 1.165) is 30.7 Å². The Morgan fingerprint density at radius 3 is 2.93 bits per heavy atom. The number of rotatable bonds is 7. The first-order valence-corrected chi connectivity index (χ1v) is 11.9. The molecule has 150 valence electrons. The molecule has 0 aliphatic heterocycles. The molecule has 0 saturated carbocycles. The fourth-order valence-corrected chi connectivity index (χ4v) is 5.04. The summed E-state index contributed by atoms with van der Waals surface area (Å²) in [6, 6.07) is 6.18. The van der Waals surface area contributed by atoms with Gasteiger partial charge in [-0.2, -0.15) is 11.8 Å². The van der Waals surface area contributed by atoms with E-state index in [1.807, 2.05) is 6.26 Å². The first-order valence-electron chi connectivity index (χ1n) is 9.31. The predicted molar refractivity (Wildman–Crippen MR) is 118 cm³/mol. The zero-order valence-corrected chi connectivity index (χ0v) is 18.3. The largest absolute Gasteiger partial charge is 0.340 e. The Morgan fingerprint density at radius 1 is 1.39 bits per heavy atom. The SMILES string of the molecule is CSCCC(NC(=O)c1ccccc1Cl)C(=O)Nc1nc2c(s1)CC(C)CC2. The summed E-state index contributed by atoms with van der Waals surface area (Å²) >= 11 is 9.29. The van der Waals surface area contributed by atoms with Crippen LogP contribution in [0.1, 0.15) is 40.7 Å². The van der Waals surface area contributed by atoms with E-state index in [2.05, 4.69) is 22.5 Å². The van der Waals surface area contributed by atoms with Crippen molar-refractivity contribution in [1.82, 2.24) is 10.3 Å². The third-order valence-electron chi connectivity index (χ3n) is 4.77. The third kappa shape index (κ3) is 5.27. The number of aromatic nitrogens is 1. The maximum Gasteiger partial charge on any atom is 0.253 e. The highest BCUT2D eigenvalue weighted by molar-refractivity contribution is 7.98. The molecule has 2 atom stereocenters. The number of fused-ring (bicyclic) bond motifs is 1. The Labute approximate surface area is 178 Å². The van der Waals surface area contributed by atoms with E-state index < -0.39 is 6.04 Å². The zero-order valence-electron chi connectivity index (χ0n) is 16.0. The molecule has 0 spiro atoms. The minimum Gasteiger partial charge on any atom is -0.340 e. The molecular formula is C20H24ClN3O2S2. The summed E-state index contributed by atoms with van der Waals surface area (Å²) in [7, 11) is 0. The molecule has 3 rings (SSSR count). The molecule has 2 amide bonds. The van der Waals surface area contributed by atoms with E-state index in [-0.39, 0.29) is 11.8 Å². The lowest BCUT2D eigenvalue weighted by molar-refractivity contribution is -0.118. The number of hydrogen-bond acceptors (Lipinski definition) is 5. The van der Waals surface area contributed by atoms with Crippen LogP contribution in [-0.4, -0.2) is 34.8 Å². The van der Waals surface area contributed by atoms with Gasteiger partial charge in [0.2, 0.25) is 5.91 Å². The van der Waals surface area contributed by atoms with Gasteiger partial charge in [0.1, 0.15) is 6.04 Å². The number of hydrogen-bond donors (Lipinski definition) is 2. The quantitative estimate of drug-likeness (QED) is 0.672. The maximum absolute atomic E-state index is 12.8. The molecule has 8 heteroatoms. The van der Waals surface area contributed by atoms with Crippen molar-refractivity contribution in [3.63, 3.8) is 0 Å². The lowest BCUT2D eigenvalue weighted by atomic mass is 9.93. The van der Waals surface area contributed by atoms with Crippen molar-refractivity contribution in [1.29, 1.82) is 0 Å². The van der Waals surface area contributed by atoms with Crippen molar-refractivity contribution in [2.45, 2.75) is 38.6 Å². The second-order valence-electron chi connectivity index (χ2n) is 7.01. The molecule has 1 aromatic heterocycles. The molecular weight excluding hydrogens is 414 g/mol. The van der Waals surface area contributed by atoms with Gasteiger partial charge in [0, 0.05) is 4.88 Å². The van der Waals surface area contributed by atoms with Gasteiger partial charge in [-0.15, -0.1) is 11.3 Å². The summed E-state index contributed by atoms with van der Waals surface area (Å²) in [6.07, 6.45) is 5.62. The lowest BCUT2D eigenvalue weighted by Gasteiger charge is -2.17. The summed E-state index contributed by atoms with van der Waals surface area (Å²) in [5.74, 6) is 0.820. The third-order valence-corrected chi connectivity index (χ3v) is 6.78. The molecule has 2 N–H and O–H groups in total. The van der Waals surface area contributed by atoms with Crippen LogP contribution in [-0.2, 0) is 17.6 Å². The standard InChI is InChI=1S/C20H24ClN3O2S2/c1-12-7-8-15-17(11-12)28-20(23-15)24-19(26)16(9-10-27-2)22-18(25)13-5-3-4-6-14(13)21/h3-6,12,16H,7-11H2,1-2H3,(H,22,25)(H,23,24,26). The van der Waals surface area contributed by atoms with Gasteiger partial charge in [-0.25, -0.2) is 4.98 Å². The maximum atomic E-state index is 12.8. The van der Waals surface area contributed by atoms with Crippen LogP contribution in [0.2, 0.25) is 5.02 Å².